The van der Waals surface area contributed by atoms with E-state index < -0.39 is 28.6 Å². The molecule has 10 heteroatoms. The lowest BCUT2D eigenvalue weighted by atomic mass is 9.90. The van der Waals surface area contributed by atoms with Crippen molar-refractivity contribution in [1.82, 2.24) is 14.9 Å². The van der Waals surface area contributed by atoms with Crippen LogP contribution in [0.4, 0.5) is 8.78 Å². The molecule has 0 radical (unpaired) electrons. The lowest BCUT2D eigenvalue weighted by Gasteiger charge is -2.57. The second kappa shape index (κ2) is 9.08. The fourth-order valence-corrected chi connectivity index (χ4v) is 5.15. The van der Waals surface area contributed by atoms with Gasteiger partial charge in [0.15, 0.2) is 11.4 Å². The number of fused-ring (bicyclic) bond motifs is 3. The van der Waals surface area contributed by atoms with Gasteiger partial charge in [-0.25, -0.2) is 8.78 Å². The third kappa shape index (κ3) is 3.61. The fraction of sp³-hybridized carbons (Fsp3) is 0.458. The van der Waals surface area contributed by atoms with Crippen molar-refractivity contribution in [2.45, 2.75) is 51.7 Å². The highest BCUT2D eigenvalue weighted by molar-refractivity contribution is 6.00. The van der Waals surface area contributed by atoms with Crippen LogP contribution in [-0.2, 0) is 6.54 Å². The number of ether oxygens (including phenoxy) is 1. The summed E-state index contributed by atoms with van der Waals surface area (Å²) in [5, 5.41) is 4.55. The summed E-state index contributed by atoms with van der Waals surface area (Å²) in [6.45, 7) is 4.78. The van der Waals surface area contributed by atoms with Crippen molar-refractivity contribution >= 4 is 11.8 Å². The van der Waals surface area contributed by atoms with Gasteiger partial charge in [0.25, 0.3) is 11.8 Å². The summed E-state index contributed by atoms with van der Waals surface area (Å²) in [6, 6.07) is 3.05. The van der Waals surface area contributed by atoms with Crippen molar-refractivity contribution in [3.8, 4) is 5.75 Å². The Bertz CT molecular complexity index is 1200. The van der Waals surface area contributed by atoms with Crippen LogP contribution in [0, 0.1) is 11.6 Å². The molecular formula is C24H28F2N4O4. The van der Waals surface area contributed by atoms with Gasteiger partial charge in [-0.2, -0.15) is 0 Å². The Morgan fingerprint density at radius 2 is 1.97 bits per heavy atom. The molecule has 0 unspecified atom stereocenters. The van der Waals surface area contributed by atoms with Crippen LogP contribution in [0.25, 0.3) is 0 Å². The minimum atomic E-state index is -0.800. The summed E-state index contributed by atoms with van der Waals surface area (Å²) in [5.74, 6) is -2.80. The molecule has 1 N–H and O–H groups in total. The largest absolute Gasteiger partial charge is 0.491 e. The standard InChI is InChI=1S/C24H28F2N4O4/c1-4-24-10-6-7-11-30(24)29-14-17(20(31)21(34-3)19(29)23(33)28(24)5-2)22(32)27-13-15-8-9-16(25)12-18(15)26/h8-9,12,14H,4-7,10-11,13H2,1-3H3,(H,27,32)/t24-/m0/s1. The van der Waals surface area contributed by atoms with Crippen LogP contribution in [0.5, 0.6) is 5.75 Å². The summed E-state index contributed by atoms with van der Waals surface area (Å²) in [5.41, 5.74) is -1.36. The third-order valence-corrected chi connectivity index (χ3v) is 6.82. The smallest absolute Gasteiger partial charge is 0.278 e. The molecule has 1 fully saturated rings. The summed E-state index contributed by atoms with van der Waals surface area (Å²) in [4.78, 5) is 41.5. The molecule has 1 aromatic heterocycles. The summed E-state index contributed by atoms with van der Waals surface area (Å²) in [7, 11) is 1.29. The number of carbonyl (C=O) groups is 2. The second-order valence-electron chi connectivity index (χ2n) is 8.48. The number of amides is 2. The Balaban J connectivity index is 1.78. The maximum Gasteiger partial charge on any atom is 0.278 e. The molecule has 1 atom stereocenters. The van der Waals surface area contributed by atoms with Gasteiger partial charge < -0.3 is 15.0 Å². The molecule has 8 nitrogen and oxygen atoms in total. The van der Waals surface area contributed by atoms with Crippen molar-refractivity contribution in [1.29, 1.82) is 0 Å². The number of halogens is 2. The first-order chi connectivity index (χ1) is 16.3. The molecule has 1 saturated heterocycles. The zero-order valence-electron chi connectivity index (χ0n) is 19.5. The Labute approximate surface area is 196 Å². The zero-order chi connectivity index (χ0) is 24.6. The molecule has 2 amide bonds. The maximum atomic E-state index is 14.0. The van der Waals surface area contributed by atoms with E-state index in [9.17, 15) is 23.2 Å². The number of aromatic nitrogens is 1. The van der Waals surface area contributed by atoms with Gasteiger partial charge in [-0.3, -0.25) is 24.1 Å². The Hall–Kier alpha value is -3.43. The first-order valence-corrected chi connectivity index (χ1v) is 11.4. The van der Waals surface area contributed by atoms with Gasteiger partial charge in [0.1, 0.15) is 22.9 Å². The van der Waals surface area contributed by atoms with E-state index in [1.807, 2.05) is 18.9 Å². The van der Waals surface area contributed by atoms with Crippen molar-refractivity contribution in [3.05, 3.63) is 63.1 Å². The zero-order valence-corrected chi connectivity index (χ0v) is 19.5. The van der Waals surface area contributed by atoms with E-state index in [1.165, 1.54) is 19.4 Å². The summed E-state index contributed by atoms with van der Waals surface area (Å²) >= 11 is 0. The number of rotatable bonds is 6. The SMILES string of the molecule is CCN1C(=O)c2c(OC)c(=O)c(C(=O)NCc3ccc(F)cc3F)cn2N2CCCC[C@@]12CC. The predicted octanol–water partition coefficient (Wildman–Crippen LogP) is 2.77. The molecule has 2 aliphatic heterocycles. The van der Waals surface area contributed by atoms with Crippen LogP contribution in [0.3, 0.4) is 0 Å². The van der Waals surface area contributed by atoms with Crippen molar-refractivity contribution in [3.63, 3.8) is 0 Å². The van der Waals surface area contributed by atoms with Crippen LogP contribution >= 0.6 is 0 Å². The van der Waals surface area contributed by atoms with Gasteiger partial charge in [-0.1, -0.05) is 13.0 Å². The molecule has 1 aromatic carbocycles. The topological polar surface area (TPSA) is 83.9 Å². The van der Waals surface area contributed by atoms with Crippen LogP contribution in [-0.4, -0.2) is 47.3 Å². The number of nitrogens with zero attached hydrogens (tertiary/aromatic N) is 3. The molecule has 2 aliphatic rings. The maximum absolute atomic E-state index is 14.0. The average Bonchev–Trinajstić information content (AvgIpc) is 2.83. The van der Waals surface area contributed by atoms with Crippen molar-refractivity contribution in [2.24, 2.45) is 0 Å². The highest BCUT2D eigenvalue weighted by Crippen LogP contribution is 2.39. The molecule has 0 spiro atoms. The van der Waals surface area contributed by atoms with Gasteiger partial charge in [-0.05, 0) is 38.7 Å². The quantitative estimate of drug-likeness (QED) is 0.696. The minimum absolute atomic E-state index is 0.0783. The number of hydrogen-bond donors (Lipinski definition) is 1. The number of methoxy groups -OCH3 is 1. The number of nitrogens with one attached hydrogen (secondary N) is 1. The van der Waals surface area contributed by atoms with Crippen molar-refractivity contribution < 1.29 is 23.1 Å². The molecule has 0 aliphatic carbocycles. The van der Waals surface area contributed by atoms with E-state index in [2.05, 4.69) is 5.32 Å². The van der Waals surface area contributed by atoms with Gasteiger partial charge >= 0.3 is 0 Å². The van der Waals surface area contributed by atoms with E-state index in [0.29, 0.717) is 19.5 Å². The number of pyridine rings is 1. The third-order valence-electron chi connectivity index (χ3n) is 6.82. The number of benzene rings is 1. The Morgan fingerprint density at radius 3 is 2.62 bits per heavy atom. The molecule has 2 aromatic rings. The Morgan fingerprint density at radius 1 is 1.21 bits per heavy atom. The normalized spacial score (nSPS) is 19.5. The van der Waals surface area contributed by atoms with E-state index in [1.54, 1.807) is 9.58 Å². The van der Waals surface area contributed by atoms with Crippen LogP contribution in [0.15, 0.2) is 29.2 Å². The van der Waals surface area contributed by atoms with Crippen LogP contribution in [0.1, 0.15) is 65.9 Å². The second-order valence-corrected chi connectivity index (χ2v) is 8.48. The van der Waals surface area contributed by atoms with Gasteiger partial charge in [-0.15, -0.1) is 0 Å². The lowest BCUT2D eigenvalue weighted by Crippen LogP contribution is -2.71. The van der Waals surface area contributed by atoms with E-state index in [-0.39, 0.29) is 35.0 Å². The highest BCUT2D eigenvalue weighted by Gasteiger charge is 2.50. The molecule has 4 rings (SSSR count). The minimum Gasteiger partial charge on any atom is -0.491 e. The number of carbonyl (C=O) groups excluding carboxylic acids is 2. The lowest BCUT2D eigenvalue weighted by molar-refractivity contribution is 0.0136. The van der Waals surface area contributed by atoms with E-state index in [4.69, 9.17) is 4.74 Å². The molecule has 34 heavy (non-hydrogen) atoms. The van der Waals surface area contributed by atoms with Crippen LogP contribution < -0.4 is 20.5 Å². The Kier molecular flexibility index (Phi) is 6.33. The van der Waals surface area contributed by atoms with E-state index in [0.717, 1.165) is 31.4 Å². The fourth-order valence-electron chi connectivity index (χ4n) is 5.15. The predicted molar refractivity (Wildman–Crippen MR) is 121 cm³/mol. The summed E-state index contributed by atoms with van der Waals surface area (Å²) < 4.78 is 34.1. The average molecular weight is 475 g/mol. The molecule has 0 bridgehead atoms. The first-order valence-electron chi connectivity index (χ1n) is 11.4. The van der Waals surface area contributed by atoms with Crippen molar-refractivity contribution in [2.75, 3.05) is 25.2 Å². The number of piperidine rings is 1. The molecular weight excluding hydrogens is 446 g/mol. The number of hydrogen-bond acceptors (Lipinski definition) is 5. The van der Waals surface area contributed by atoms with Crippen LogP contribution in [0.2, 0.25) is 0 Å². The van der Waals surface area contributed by atoms with Gasteiger partial charge in [0.05, 0.1) is 7.11 Å². The molecule has 0 saturated carbocycles. The van der Waals surface area contributed by atoms with Gasteiger partial charge in [0.2, 0.25) is 5.43 Å². The molecule has 3 heterocycles. The summed E-state index contributed by atoms with van der Waals surface area (Å²) in [6.07, 6.45) is 4.66. The van der Waals surface area contributed by atoms with E-state index >= 15 is 0 Å². The van der Waals surface area contributed by atoms with Gasteiger partial charge in [0, 0.05) is 37.5 Å². The molecule has 182 valence electrons. The monoisotopic (exact) mass is 474 g/mol. The highest BCUT2D eigenvalue weighted by atomic mass is 19.1. The first kappa shape index (κ1) is 23.7.